The van der Waals surface area contributed by atoms with Crippen molar-refractivity contribution < 1.29 is 4.74 Å². The highest BCUT2D eigenvalue weighted by atomic mass is 35.5. The molecule has 0 amide bonds. The van der Waals surface area contributed by atoms with Crippen LogP contribution in [0.3, 0.4) is 0 Å². The SMILES string of the molecule is Clc1ccc(-c2nc3c(OCc4ccccc4)cccn3c2NC2CCCCC2)cc1. The number of ether oxygens (including phenoxy) is 1. The van der Waals surface area contributed by atoms with Gasteiger partial charge in [0.25, 0.3) is 0 Å². The lowest BCUT2D eigenvalue weighted by Gasteiger charge is -2.24. The number of hydrogen-bond acceptors (Lipinski definition) is 3. The Bertz CT molecular complexity index is 1150. The Morgan fingerprint density at radius 3 is 2.48 bits per heavy atom. The summed E-state index contributed by atoms with van der Waals surface area (Å²) in [5.41, 5.74) is 3.93. The molecule has 158 valence electrons. The van der Waals surface area contributed by atoms with Crippen LogP contribution in [-0.4, -0.2) is 15.4 Å². The molecule has 31 heavy (non-hydrogen) atoms. The Labute approximate surface area is 187 Å². The highest BCUT2D eigenvalue weighted by molar-refractivity contribution is 6.30. The average molecular weight is 432 g/mol. The Morgan fingerprint density at radius 1 is 0.935 bits per heavy atom. The average Bonchev–Trinajstić information content (AvgIpc) is 3.18. The zero-order chi connectivity index (χ0) is 21.0. The summed E-state index contributed by atoms with van der Waals surface area (Å²) in [6.07, 6.45) is 8.32. The van der Waals surface area contributed by atoms with Gasteiger partial charge in [-0.3, -0.25) is 4.40 Å². The monoisotopic (exact) mass is 431 g/mol. The fraction of sp³-hybridized carbons (Fsp3) is 0.269. The van der Waals surface area contributed by atoms with E-state index in [0.717, 1.165) is 39.1 Å². The predicted molar refractivity (Wildman–Crippen MR) is 127 cm³/mol. The molecule has 1 aliphatic rings. The Hall–Kier alpha value is -2.98. The largest absolute Gasteiger partial charge is 0.485 e. The van der Waals surface area contributed by atoms with Gasteiger partial charge >= 0.3 is 0 Å². The number of aromatic nitrogens is 2. The maximum Gasteiger partial charge on any atom is 0.181 e. The minimum atomic E-state index is 0.466. The van der Waals surface area contributed by atoms with Crippen molar-refractivity contribution in [3.63, 3.8) is 0 Å². The number of anilines is 1. The van der Waals surface area contributed by atoms with Crippen LogP contribution in [0.2, 0.25) is 5.02 Å². The van der Waals surface area contributed by atoms with Gasteiger partial charge < -0.3 is 10.1 Å². The molecule has 5 rings (SSSR count). The van der Waals surface area contributed by atoms with Gasteiger partial charge in [0.1, 0.15) is 18.1 Å². The first kappa shape index (κ1) is 20.0. The van der Waals surface area contributed by atoms with Crippen molar-refractivity contribution in [1.82, 2.24) is 9.38 Å². The minimum Gasteiger partial charge on any atom is -0.485 e. The van der Waals surface area contributed by atoms with Crippen molar-refractivity contribution in [2.24, 2.45) is 0 Å². The highest BCUT2D eigenvalue weighted by Gasteiger charge is 2.21. The number of nitrogens with zero attached hydrogens (tertiary/aromatic N) is 2. The van der Waals surface area contributed by atoms with E-state index in [-0.39, 0.29) is 0 Å². The van der Waals surface area contributed by atoms with E-state index in [1.54, 1.807) is 0 Å². The van der Waals surface area contributed by atoms with E-state index in [2.05, 4.69) is 28.0 Å². The quantitative estimate of drug-likeness (QED) is 0.358. The fourth-order valence-electron chi connectivity index (χ4n) is 4.28. The van der Waals surface area contributed by atoms with Gasteiger partial charge in [-0.2, -0.15) is 0 Å². The molecule has 1 fully saturated rings. The number of imidazole rings is 1. The van der Waals surface area contributed by atoms with E-state index in [1.807, 2.05) is 54.6 Å². The van der Waals surface area contributed by atoms with Crippen molar-refractivity contribution in [3.05, 3.63) is 83.5 Å². The molecule has 0 atom stereocenters. The summed E-state index contributed by atoms with van der Waals surface area (Å²) in [7, 11) is 0. The summed E-state index contributed by atoms with van der Waals surface area (Å²) in [6.45, 7) is 0.509. The maximum absolute atomic E-state index is 6.19. The molecule has 1 aliphatic carbocycles. The zero-order valence-electron chi connectivity index (χ0n) is 17.4. The second-order valence-corrected chi connectivity index (χ2v) is 8.57. The van der Waals surface area contributed by atoms with Gasteiger partial charge in [0.05, 0.1) is 0 Å². The lowest BCUT2D eigenvalue weighted by molar-refractivity contribution is 0.308. The van der Waals surface area contributed by atoms with E-state index in [9.17, 15) is 0 Å². The number of benzene rings is 2. The third kappa shape index (κ3) is 4.40. The fourth-order valence-corrected chi connectivity index (χ4v) is 4.40. The molecule has 1 N–H and O–H groups in total. The third-order valence-corrected chi connectivity index (χ3v) is 6.17. The van der Waals surface area contributed by atoms with Crippen LogP contribution in [0, 0.1) is 0 Å². The summed E-state index contributed by atoms with van der Waals surface area (Å²) in [4.78, 5) is 5.02. The smallest absolute Gasteiger partial charge is 0.181 e. The van der Waals surface area contributed by atoms with E-state index < -0.39 is 0 Å². The first-order valence-electron chi connectivity index (χ1n) is 11.0. The topological polar surface area (TPSA) is 38.6 Å². The minimum absolute atomic E-state index is 0.466. The van der Waals surface area contributed by atoms with Crippen LogP contribution in [0.4, 0.5) is 5.82 Å². The van der Waals surface area contributed by atoms with Crippen LogP contribution in [0.5, 0.6) is 5.75 Å². The first-order chi connectivity index (χ1) is 15.3. The zero-order valence-corrected chi connectivity index (χ0v) is 18.2. The molecule has 4 aromatic rings. The molecule has 0 spiro atoms. The van der Waals surface area contributed by atoms with Gasteiger partial charge in [-0.25, -0.2) is 4.98 Å². The number of fused-ring (bicyclic) bond motifs is 1. The van der Waals surface area contributed by atoms with Gasteiger partial charge in [-0.15, -0.1) is 0 Å². The summed E-state index contributed by atoms with van der Waals surface area (Å²) < 4.78 is 8.31. The standard InChI is InChI=1S/C26H26ClN3O/c27-21-15-13-20(14-16-21)24-26(28-22-10-5-2-6-11-22)30-17-7-12-23(25(30)29-24)31-18-19-8-3-1-4-9-19/h1,3-4,7-9,12-17,22,28H,2,5-6,10-11,18H2. The molecule has 0 aliphatic heterocycles. The molecule has 0 radical (unpaired) electrons. The van der Waals surface area contributed by atoms with Gasteiger partial charge in [0.2, 0.25) is 0 Å². The van der Waals surface area contributed by atoms with E-state index in [4.69, 9.17) is 21.3 Å². The molecule has 4 nitrogen and oxygen atoms in total. The van der Waals surface area contributed by atoms with Crippen molar-refractivity contribution in [2.75, 3.05) is 5.32 Å². The summed E-state index contributed by atoms with van der Waals surface area (Å²) in [5.74, 6) is 1.80. The number of nitrogens with one attached hydrogen (secondary N) is 1. The molecule has 2 heterocycles. The molecule has 0 bridgehead atoms. The lowest BCUT2D eigenvalue weighted by atomic mass is 9.95. The number of halogens is 1. The maximum atomic E-state index is 6.19. The lowest BCUT2D eigenvalue weighted by Crippen LogP contribution is -2.23. The normalized spacial score (nSPS) is 14.6. The van der Waals surface area contributed by atoms with Crippen LogP contribution in [0.1, 0.15) is 37.7 Å². The van der Waals surface area contributed by atoms with Crippen LogP contribution in [0.25, 0.3) is 16.9 Å². The number of pyridine rings is 1. The van der Waals surface area contributed by atoms with E-state index in [0.29, 0.717) is 12.6 Å². The Kier molecular flexibility index (Phi) is 5.81. The first-order valence-corrected chi connectivity index (χ1v) is 11.4. The molecular formula is C26H26ClN3O. The second kappa shape index (κ2) is 9.03. The van der Waals surface area contributed by atoms with Crippen LogP contribution in [0.15, 0.2) is 72.9 Å². The summed E-state index contributed by atoms with van der Waals surface area (Å²) in [5, 5.41) is 4.52. The van der Waals surface area contributed by atoms with Crippen molar-refractivity contribution in [3.8, 4) is 17.0 Å². The molecule has 2 aromatic carbocycles. The molecule has 1 saturated carbocycles. The molecule has 5 heteroatoms. The van der Waals surface area contributed by atoms with Crippen LogP contribution in [-0.2, 0) is 6.61 Å². The predicted octanol–water partition coefficient (Wildman–Crippen LogP) is 6.98. The number of rotatable bonds is 6. The molecule has 0 saturated heterocycles. The molecule has 2 aromatic heterocycles. The van der Waals surface area contributed by atoms with Crippen molar-refractivity contribution in [1.29, 1.82) is 0 Å². The van der Waals surface area contributed by atoms with Gasteiger partial charge in [0.15, 0.2) is 11.4 Å². The van der Waals surface area contributed by atoms with Crippen molar-refractivity contribution in [2.45, 2.75) is 44.8 Å². The molecule has 0 unspecified atom stereocenters. The Balaban J connectivity index is 1.54. The van der Waals surface area contributed by atoms with Gasteiger partial charge in [0, 0.05) is 22.8 Å². The third-order valence-electron chi connectivity index (χ3n) is 5.92. The Morgan fingerprint density at radius 2 is 1.71 bits per heavy atom. The van der Waals surface area contributed by atoms with E-state index in [1.165, 1.54) is 32.1 Å². The second-order valence-electron chi connectivity index (χ2n) is 8.14. The molecular weight excluding hydrogens is 406 g/mol. The van der Waals surface area contributed by atoms with Crippen LogP contribution < -0.4 is 10.1 Å². The number of hydrogen-bond donors (Lipinski definition) is 1. The van der Waals surface area contributed by atoms with Crippen LogP contribution >= 0.6 is 11.6 Å². The summed E-state index contributed by atoms with van der Waals surface area (Å²) in [6, 6.07) is 22.6. The van der Waals surface area contributed by atoms with Gasteiger partial charge in [-0.05, 0) is 42.7 Å². The van der Waals surface area contributed by atoms with E-state index >= 15 is 0 Å². The highest BCUT2D eigenvalue weighted by Crippen LogP contribution is 2.34. The summed E-state index contributed by atoms with van der Waals surface area (Å²) >= 11 is 6.14. The van der Waals surface area contributed by atoms with Crippen molar-refractivity contribution >= 4 is 23.1 Å². The van der Waals surface area contributed by atoms with Gasteiger partial charge in [-0.1, -0.05) is 73.3 Å².